The Morgan fingerprint density at radius 3 is 2.55 bits per heavy atom. The largest absolute Gasteiger partial charge is 0.354 e. The third kappa shape index (κ3) is 4.23. The van der Waals surface area contributed by atoms with Gasteiger partial charge in [-0.1, -0.05) is 30.1 Å². The zero-order valence-electron chi connectivity index (χ0n) is 10.8. The molecular formula is C13H13BrCl2N4. The molecule has 0 saturated carbocycles. The number of aromatic nitrogens is 2. The van der Waals surface area contributed by atoms with Crippen molar-refractivity contribution in [2.75, 3.05) is 17.2 Å². The highest BCUT2D eigenvalue weighted by Crippen LogP contribution is 2.28. The molecule has 106 valence electrons. The predicted molar refractivity (Wildman–Crippen MR) is 88.3 cm³/mol. The van der Waals surface area contributed by atoms with E-state index in [9.17, 15) is 0 Å². The van der Waals surface area contributed by atoms with Gasteiger partial charge in [0.15, 0.2) is 0 Å². The third-order valence-electron chi connectivity index (χ3n) is 2.40. The van der Waals surface area contributed by atoms with Crippen LogP contribution in [0.4, 0.5) is 17.5 Å². The molecular weight excluding hydrogens is 363 g/mol. The Bertz CT molecular complexity index is 587. The Morgan fingerprint density at radius 2 is 1.90 bits per heavy atom. The Kier molecular flexibility index (Phi) is 5.46. The Labute approximate surface area is 136 Å². The van der Waals surface area contributed by atoms with Crippen LogP contribution < -0.4 is 10.6 Å². The predicted octanol–water partition coefficient (Wildman–Crippen LogP) is 5.11. The minimum absolute atomic E-state index is 0.564. The first kappa shape index (κ1) is 15.4. The lowest BCUT2D eigenvalue weighted by Crippen LogP contribution is -2.06. The highest BCUT2D eigenvalue weighted by Gasteiger charge is 2.06. The van der Waals surface area contributed by atoms with Gasteiger partial charge in [-0.15, -0.1) is 0 Å². The quantitative estimate of drug-likeness (QED) is 0.762. The first-order valence-corrected chi connectivity index (χ1v) is 7.63. The minimum Gasteiger partial charge on any atom is -0.354 e. The molecule has 0 fully saturated rings. The molecule has 2 aromatic rings. The van der Waals surface area contributed by atoms with Crippen molar-refractivity contribution in [3.63, 3.8) is 0 Å². The molecule has 0 bridgehead atoms. The van der Waals surface area contributed by atoms with Crippen LogP contribution in [0.25, 0.3) is 0 Å². The molecule has 1 aromatic heterocycles. The van der Waals surface area contributed by atoms with Gasteiger partial charge in [0.25, 0.3) is 0 Å². The molecule has 4 nitrogen and oxygen atoms in total. The van der Waals surface area contributed by atoms with E-state index in [2.05, 4.69) is 43.5 Å². The average molecular weight is 376 g/mol. The van der Waals surface area contributed by atoms with E-state index in [4.69, 9.17) is 23.2 Å². The normalized spacial score (nSPS) is 10.4. The van der Waals surface area contributed by atoms with Gasteiger partial charge < -0.3 is 10.6 Å². The molecule has 2 rings (SSSR count). The maximum absolute atomic E-state index is 5.97. The van der Waals surface area contributed by atoms with Crippen molar-refractivity contribution in [3.8, 4) is 0 Å². The summed E-state index contributed by atoms with van der Waals surface area (Å²) in [4.78, 5) is 8.59. The van der Waals surface area contributed by atoms with Crippen LogP contribution in [-0.2, 0) is 0 Å². The second-order valence-corrected chi connectivity index (χ2v) is 5.83. The van der Waals surface area contributed by atoms with E-state index in [0.29, 0.717) is 21.8 Å². The van der Waals surface area contributed by atoms with Crippen molar-refractivity contribution < 1.29 is 0 Å². The second-order valence-electron chi connectivity index (χ2n) is 4.10. The fraction of sp³-hybridized carbons (Fsp3) is 0.231. The molecule has 0 spiro atoms. The first-order chi connectivity index (χ1) is 9.58. The number of anilines is 3. The van der Waals surface area contributed by atoms with Gasteiger partial charge >= 0.3 is 0 Å². The lowest BCUT2D eigenvalue weighted by Gasteiger charge is -2.10. The number of hydrogen-bond acceptors (Lipinski definition) is 4. The number of nitrogens with one attached hydrogen (secondary N) is 2. The summed E-state index contributed by atoms with van der Waals surface area (Å²) in [6.07, 6.45) is 2.70. The summed E-state index contributed by atoms with van der Waals surface area (Å²) in [5, 5.41) is 7.43. The summed E-state index contributed by atoms with van der Waals surface area (Å²) in [7, 11) is 0. The van der Waals surface area contributed by atoms with Crippen molar-refractivity contribution in [2.45, 2.75) is 13.3 Å². The first-order valence-electron chi connectivity index (χ1n) is 6.08. The number of benzene rings is 1. The standard InChI is InChI=1S/C13H13BrCl2N4/c1-2-3-17-13-18-7-11(14)12(20-13)19-10-5-8(15)4-9(16)6-10/h4-7H,2-3H2,1H3,(H2,17,18,19,20). The highest BCUT2D eigenvalue weighted by molar-refractivity contribution is 9.10. The van der Waals surface area contributed by atoms with Crippen molar-refractivity contribution in [1.29, 1.82) is 0 Å². The Balaban J connectivity index is 2.23. The van der Waals surface area contributed by atoms with Crippen LogP contribution in [0.1, 0.15) is 13.3 Å². The number of halogens is 3. The van der Waals surface area contributed by atoms with Crippen LogP contribution in [0.2, 0.25) is 10.0 Å². The molecule has 0 saturated heterocycles. The fourth-order valence-corrected chi connectivity index (χ4v) is 2.36. The summed E-state index contributed by atoms with van der Waals surface area (Å²) < 4.78 is 0.760. The molecule has 1 heterocycles. The zero-order chi connectivity index (χ0) is 14.5. The van der Waals surface area contributed by atoms with Gasteiger partial charge in [-0.25, -0.2) is 4.98 Å². The maximum Gasteiger partial charge on any atom is 0.224 e. The molecule has 0 aliphatic carbocycles. The van der Waals surface area contributed by atoms with E-state index in [1.807, 2.05) is 0 Å². The smallest absolute Gasteiger partial charge is 0.224 e. The summed E-state index contributed by atoms with van der Waals surface area (Å²) in [6.45, 7) is 2.91. The molecule has 0 amide bonds. The van der Waals surface area contributed by atoms with E-state index >= 15 is 0 Å². The SMILES string of the molecule is CCCNc1ncc(Br)c(Nc2cc(Cl)cc(Cl)c2)n1. The number of nitrogens with zero attached hydrogens (tertiary/aromatic N) is 2. The topological polar surface area (TPSA) is 49.8 Å². The van der Waals surface area contributed by atoms with Crippen LogP contribution in [0.5, 0.6) is 0 Å². The van der Waals surface area contributed by atoms with E-state index in [0.717, 1.165) is 23.1 Å². The summed E-state index contributed by atoms with van der Waals surface area (Å²) >= 11 is 15.4. The lowest BCUT2D eigenvalue weighted by molar-refractivity contribution is 0.952. The fourth-order valence-electron chi connectivity index (χ4n) is 1.54. The Morgan fingerprint density at radius 1 is 1.20 bits per heavy atom. The zero-order valence-corrected chi connectivity index (χ0v) is 13.8. The van der Waals surface area contributed by atoms with Crippen molar-refractivity contribution in [2.24, 2.45) is 0 Å². The van der Waals surface area contributed by atoms with E-state index in [-0.39, 0.29) is 0 Å². The lowest BCUT2D eigenvalue weighted by atomic mass is 10.3. The molecule has 7 heteroatoms. The minimum atomic E-state index is 0.564. The molecule has 0 aliphatic heterocycles. The van der Waals surface area contributed by atoms with Crippen LogP contribution in [0, 0.1) is 0 Å². The second kappa shape index (κ2) is 7.11. The van der Waals surface area contributed by atoms with Crippen molar-refractivity contribution >= 4 is 56.6 Å². The summed E-state index contributed by atoms with van der Waals surface area (Å²) in [6, 6.07) is 5.24. The van der Waals surface area contributed by atoms with E-state index < -0.39 is 0 Å². The molecule has 0 radical (unpaired) electrons. The van der Waals surface area contributed by atoms with Gasteiger partial charge in [0.1, 0.15) is 5.82 Å². The number of hydrogen-bond donors (Lipinski definition) is 2. The molecule has 20 heavy (non-hydrogen) atoms. The van der Waals surface area contributed by atoms with Crippen molar-refractivity contribution in [3.05, 3.63) is 38.9 Å². The summed E-state index contributed by atoms with van der Waals surface area (Å²) in [5.41, 5.74) is 0.767. The van der Waals surface area contributed by atoms with Crippen LogP contribution in [-0.4, -0.2) is 16.5 Å². The average Bonchev–Trinajstić information content (AvgIpc) is 2.38. The van der Waals surface area contributed by atoms with Gasteiger partial charge in [-0.3, -0.25) is 0 Å². The monoisotopic (exact) mass is 374 g/mol. The van der Waals surface area contributed by atoms with Gasteiger partial charge in [0.05, 0.1) is 4.47 Å². The van der Waals surface area contributed by atoms with Crippen LogP contribution >= 0.6 is 39.1 Å². The number of rotatable bonds is 5. The van der Waals surface area contributed by atoms with Crippen molar-refractivity contribution in [1.82, 2.24) is 9.97 Å². The molecule has 0 atom stereocenters. The Hall–Kier alpha value is -1.04. The molecule has 2 N–H and O–H groups in total. The van der Waals surface area contributed by atoms with Gasteiger partial charge in [-0.05, 0) is 40.5 Å². The van der Waals surface area contributed by atoms with Gasteiger partial charge in [0.2, 0.25) is 5.95 Å². The van der Waals surface area contributed by atoms with Crippen LogP contribution in [0.15, 0.2) is 28.9 Å². The molecule has 0 aliphatic rings. The van der Waals surface area contributed by atoms with E-state index in [1.54, 1.807) is 24.4 Å². The summed E-state index contributed by atoms with van der Waals surface area (Å²) in [5.74, 6) is 1.22. The van der Waals surface area contributed by atoms with Crippen LogP contribution in [0.3, 0.4) is 0 Å². The molecule has 0 unspecified atom stereocenters. The molecule has 1 aromatic carbocycles. The maximum atomic E-state index is 5.97. The third-order valence-corrected chi connectivity index (χ3v) is 3.42. The highest BCUT2D eigenvalue weighted by atomic mass is 79.9. The van der Waals surface area contributed by atoms with Gasteiger partial charge in [-0.2, -0.15) is 4.98 Å². The van der Waals surface area contributed by atoms with E-state index in [1.165, 1.54) is 0 Å². The van der Waals surface area contributed by atoms with Gasteiger partial charge in [0, 0.05) is 28.5 Å².